The number of aryl methyl sites for hydroxylation is 2. The zero-order valence-corrected chi connectivity index (χ0v) is 11.4. The van der Waals surface area contributed by atoms with Crippen LogP contribution in [0.3, 0.4) is 0 Å². The molecule has 1 aromatic carbocycles. The van der Waals surface area contributed by atoms with Gasteiger partial charge in [0.25, 0.3) is 0 Å². The summed E-state index contributed by atoms with van der Waals surface area (Å²) in [5.41, 5.74) is 2.95. The average Bonchev–Trinajstić information content (AvgIpc) is 2.18. The summed E-state index contributed by atoms with van der Waals surface area (Å²) in [7, 11) is 0. The van der Waals surface area contributed by atoms with Crippen LogP contribution in [0.1, 0.15) is 24.5 Å². The number of hydrogen-bond acceptors (Lipinski definition) is 0. The molecule has 67 valence electrons. The summed E-state index contributed by atoms with van der Waals surface area (Å²) in [6.45, 7) is 4.39. The summed E-state index contributed by atoms with van der Waals surface area (Å²) in [5, 5.41) is 0. The molecule has 0 spiro atoms. The van der Waals surface area contributed by atoms with E-state index in [0.717, 1.165) is 0 Å². The predicted octanol–water partition coefficient (Wildman–Crippen LogP) is -3.33. The van der Waals surface area contributed by atoms with E-state index in [-0.39, 0.29) is 51.0 Å². The molecule has 0 nitrogen and oxygen atoms in total. The van der Waals surface area contributed by atoms with Crippen molar-refractivity contribution in [3.05, 3.63) is 29.3 Å². The first kappa shape index (κ1) is 18.6. The molecule has 12 heavy (non-hydrogen) atoms. The van der Waals surface area contributed by atoms with Crippen molar-refractivity contribution in [2.75, 3.05) is 0 Å². The molecule has 0 saturated carbocycles. The van der Waals surface area contributed by atoms with Gasteiger partial charge in [-0.05, 0) is 0 Å². The minimum atomic E-state index is 0. The maximum absolute atomic E-state index is 2.21. The molecule has 0 aliphatic rings. The fraction of sp³-hybridized carbons (Fsp3) is 0.444. The minimum Gasteiger partial charge on any atom is -1.00 e. The Morgan fingerprint density at radius 3 is 2.17 bits per heavy atom. The van der Waals surface area contributed by atoms with Crippen LogP contribution in [0.25, 0.3) is 0 Å². The van der Waals surface area contributed by atoms with E-state index in [4.69, 9.17) is 0 Å². The predicted molar refractivity (Wildman–Crippen MR) is 40.8 cm³/mol. The first-order valence-electron chi connectivity index (χ1n) is 3.55. The monoisotopic (exact) mass is 281 g/mol. The van der Waals surface area contributed by atoms with Gasteiger partial charge in [-0.2, -0.15) is 29.3 Å². The number of halogens is 2. The van der Waals surface area contributed by atoms with E-state index < -0.39 is 0 Å². The van der Waals surface area contributed by atoms with Crippen LogP contribution in [0, 0.1) is 6.92 Å². The maximum atomic E-state index is 2.21. The van der Waals surface area contributed by atoms with Crippen molar-refractivity contribution in [2.24, 2.45) is 0 Å². The Labute approximate surface area is 106 Å². The summed E-state index contributed by atoms with van der Waals surface area (Å²) in [6, 6.07) is 6.50. The molecule has 0 atom stereocenters. The molecule has 1 rings (SSSR count). The molecule has 0 unspecified atom stereocenters. The van der Waals surface area contributed by atoms with Crippen LogP contribution in [-0.2, 0) is 32.6 Å². The molecular formula is C9H13Cl2Zr. The van der Waals surface area contributed by atoms with Gasteiger partial charge in [-0.15, -0.1) is 0 Å². The Kier molecular flexibility index (Phi) is 15.3. The van der Waals surface area contributed by atoms with Crippen LogP contribution in [0.2, 0.25) is 0 Å². The van der Waals surface area contributed by atoms with E-state index in [1.54, 1.807) is 0 Å². The Hall–Kier alpha value is 0.813. The topological polar surface area (TPSA) is 0 Å². The van der Waals surface area contributed by atoms with Crippen LogP contribution >= 0.6 is 0 Å². The van der Waals surface area contributed by atoms with Gasteiger partial charge in [0, 0.05) is 0 Å². The second kappa shape index (κ2) is 9.90. The third-order valence-electron chi connectivity index (χ3n) is 1.67. The molecule has 0 heterocycles. The fourth-order valence-corrected chi connectivity index (χ4v) is 1.10. The maximum Gasteiger partial charge on any atom is 3.00 e. The van der Waals surface area contributed by atoms with Crippen molar-refractivity contribution in [1.82, 2.24) is 0 Å². The molecule has 0 amide bonds. The zero-order chi connectivity index (χ0) is 6.69. The summed E-state index contributed by atoms with van der Waals surface area (Å²) in [5.74, 6) is 0. The quantitative estimate of drug-likeness (QED) is 0.498. The Bertz CT molecular complexity index is 184. The summed E-state index contributed by atoms with van der Waals surface area (Å²) < 4.78 is 0. The standard InChI is InChI=1S/C9H13.2ClH.Zr/c1-3-5-9-7-4-6-8(9)2;;;/h4,6-7H,3,5H2,1-2H3;2*1H;/q-1;;;+3/p-2. The van der Waals surface area contributed by atoms with Crippen LogP contribution in [0.15, 0.2) is 18.2 Å². The summed E-state index contributed by atoms with van der Waals surface area (Å²) in [4.78, 5) is 0. The van der Waals surface area contributed by atoms with Gasteiger partial charge < -0.3 is 24.8 Å². The Morgan fingerprint density at radius 2 is 1.83 bits per heavy atom. The molecular weight excluding hydrogens is 270 g/mol. The molecule has 1 radical (unpaired) electrons. The van der Waals surface area contributed by atoms with E-state index in [9.17, 15) is 0 Å². The molecule has 0 N–H and O–H groups in total. The zero-order valence-electron chi connectivity index (χ0n) is 7.40. The van der Waals surface area contributed by atoms with Crippen LogP contribution in [0.5, 0.6) is 0 Å². The van der Waals surface area contributed by atoms with Crippen molar-refractivity contribution in [3.63, 3.8) is 0 Å². The van der Waals surface area contributed by atoms with Crippen molar-refractivity contribution in [3.8, 4) is 0 Å². The Morgan fingerprint density at radius 1 is 1.25 bits per heavy atom. The second-order valence-electron chi connectivity index (χ2n) is 2.48. The first-order valence-corrected chi connectivity index (χ1v) is 3.55. The fourth-order valence-electron chi connectivity index (χ4n) is 1.10. The smallest absolute Gasteiger partial charge is 1.00 e. The van der Waals surface area contributed by atoms with Gasteiger partial charge in [0.2, 0.25) is 0 Å². The molecule has 0 aromatic heterocycles. The van der Waals surface area contributed by atoms with Crippen LogP contribution in [-0.4, -0.2) is 0 Å². The van der Waals surface area contributed by atoms with Gasteiger partial charge >= 0.3 is 26.2 Å². The number of rotatable bonds is 2. The third kappa shape index (κ3) is 5.46. The van der Waals surface area contributed by atoms with Gasteiger partial charge in [-0.1, -0.05) is 26.7 Å². The van der Waals surface area contributed by atoms with Crippen LogP contribution in [0.4, 0.5) is 0 Å². The molecule has 0 aliphatic heterocycles. The van der Waals surface area contributed by atoms with E-state index in [1.165, 1.54) is 24.0 Å². The molecule has 0 fully saturated rings. The van der Waals surface area contributed by atoms with E-state index in [0.29, 0.717) is 0 Å². The third-order valence-corrected chi connectivity index (χ3v) is 1.67. The van der Waals surface area contributed by atoms with E-state index in [1.807, 2.05) is 0 Å². The number of hydrogen-bond donors (Lipinski definition) is 0. The van der Waals surface area contributed by atoms with Crippen molar-refractivity contribution < 1.29 is 51.0 Å². The molecule has 1 aromatic rings. The minimum absolute atomic E-state index is 0. The molecule has 0 bridgehead atoms. The normalized spacial score (nSPS) is 7.50. The SMILES string of the molecule is CCCc1c[cH-]cc1C.[Cl-].[Cl-].[Zr+3]. The van der Waals surface area contributed by atoms with Gasteiger partial charge in [-0.25, -0.2) is 0 Å². The summed E-state index contributed by atoms with van der Waals surface area (Å²) >= 11 is 0. The first-order chi connectivity index (χ1) is 4.34. The van der Waals surface area contributed by atoms with Gasteiger partial charge in [-0.3, -0.25) is 0 Å². The van der Waals surface area contributed by atoms with E-state index in [2.05, 4.69) is 32.0 Å². The second-order valence-corrected chi connectivity index (χ2v) is 2.48. The van der Waals surface area contributed by atoms with Crippen molar-refractivity contribution >= 4 is 0 Å². The van der Waals surface area contributed by atoms with Gasteiger partial charge in [0.05, 0.1) is 0 Å². The largest absolute Gasteiger partial charge is 3.00 e. The Balaban J connectivity index is -0.000000270. The molecule has 0 aliphatic carbocycles. The van der Waals surface area contributed by atoms with Gasteiger partial charge in [0.15, 0.2) is 0 Å². The molecule has 0 saturated heterocycles. The van der Waals surface area contributed by atoms with Gasteiger partial charge in [0.1, 0.15) is 0 Å². The van der Waals surface area contributed by atoms with Crippen molar-refractivity contribution in [2.45, 2.75) is 26.7 Å². The average molecular weight is 283 g/mol. The van der Waals surface area contributed by atoms with Crippen LogP contribution < -0.4 is 24.8 Å². The van der Waals surface area contributed by atoms with Crippen molar-refractivity contribution in [1.29, 1.82) is 0 Å². The molecule has 3 heteroatoms. The van der Waals surface area contributed by atoms with E-state index >= 15 is 0 Å². The summed E-state index contributed by atoms with van der Waals surface area (Å²) in [6.07, 6.45) is 2.49.